The Labute approximate surface area is 132 Å². The molecule has 0 radical (unpaired) electrons. The molecule has 1 aromatic carbocycles. The van der Waals surface area contributed by atoms with E-state index in [0.29, 0.717) is 0 Å². The maximum atomic E-state index is 12.2. The van der Waals surface area contributed by atoms with Gasteiger partial charge in [-0.15, -0.1) is 0 Å². The molecule has 0 bridgehead atoms. The van der Waals surface area contributed by atoms with Gasteiger partial charge in [-0.25, -0.2) is 0 Å². The van der Waals surface area contributed by atoms with Crippen LogP contribution in [0.5, 0.6) is 0 Å². The maximum Gasteiger partial charge on any atom is 0.297 e. The summed E-state index contributed by atoms with van der Waals surface area (Å²) in [5.74, 6) is -0.707. The van der Waals surface area contributed by atoms with Crippen molar-refractivity contribution in [1.82, 2.24) is 0 Å². The van der Waals surface area contributed by atoms with Gasteiger partial charge in [0.2, 0.25) is 0 Å². The van der Waals surface area contributed by atoms with Crippen molar-refractivity contribution >= 4 is 10.1 Å². The minimum Gasteiger partial charge on any atom is -0.344 e. The van der Waals surface area contributed by atoms with Crippen LogP contribution in [-0.4, -0.2) is 33.0 Å². The molecule has 6 heteroatoms. The van der Waals surface area contributed by atoms with Crippen molar-refractivity contribution in [2.24, 2.45) is 0 Å². The molecule has 124 valence electrons. The predicted octanol–water partition coefficient (Wildman–Crippen LogP) is 3.02. The summed E-state index contributed by atoms with van der Waals surface area (Å²) >= 11 is 0. The van der Waals surface area contributed by atoms with Gasteiger partial charge < -0.3 is 9.47 Å². The molecule has 22 heavy (non-hydrogen) atoms. The third-order valence-electron chi connectivity index (χ3n) is 3.56. The summed E-state index contributed by atoms with van der Waals surface area (Å²) in [7, 11) is -3.78. The van der Waals surface area contributed by atoms with Gasteiger partial charge in [-0.1, -0.05) is 31.0 Å². The molecule has 0 amide bonds. The van der Waals surface area contributed by atoms with Gasteiger partial charge >= 0.3 is 0 Å². The summed E-state index contributed by atoms with van der Waals surface area (Å²) in [6.07, 6.45) is 1.22. The Bertz CT molecular complexity index is 591. The summed E-state index contributed by atoms with van der Waals surface area (Å²) in [6, 6.07) is 6.58. The molecule has 0 aliphatic carbocycles. The molecule has 1 fully saturated rings. The van der Waals surface area contributed by atoms with Crippen molar-refractivity contribution < 1.29 is 22.1 Å². The Kier molecular flexibility index (Phi) is 5.27. The first kappa shape index (κ1) is 17.4. The molecule has 0 saturated carbocycles. The van der Waals surface area contributed by atoms with Crippen LogP contribution in [0.15, 0.2) is 29.2 Å². The molecule has 0 spiro atoms. The molecular weight excluding hydrogens is 304 g/mol. The van der Waals surface area contributed by atoms with Gasteiger partial charge in [0.15, 0.2) is 5.79 Å². The van der Waals surface area contributed by atoms with Gasteiger partial charge in [0, 0.05) is 0 Å². The maximum absolute atomic E-state index is 12.2. The van der Waals surface area contributed by atoms with Gasteiger partial charge in [-0.05, 0) is 39.3 Å². The Morgan fingerprint density at radius 1 is 1.14 bits per heavy atom. The van der Waals surface area contributed by atoms with Crippen molar-refractivity contribution in [3.63, 3.8) is 0 Å². The highest BCUT2D eigenvalue weighted by Crippen LogP contribution is 2.31. The Morgan fingerprint density at radius 3 is 2.32 bits per heavy atom. The van der Waals surface area contributed by atoms with Crippen molar-refractivity contribution in [2.75, 3.05) is 6.61 Å². The lowest BCUT2D eigenvalue weighted by atomic mass is 10.1. The van der Waals surface area contributed by atoms with E-state index in [1.165, 1.54) is 0 Å². The van der Waals surface area contributed by atoms with Gasteiger partial charge in [0.1, 0.15) is 6.10 Å². The molecule has 1 aliphatic rings. The van der Waals surface area contributed by atoms with Crippen LogP contribution < -0.4 is 0 Å². The molecule has 1 aromatic rings. The molecule has 0 aromatic heterocycles. The lowest BCUT2D eigenvalue weighted by Crippen LogP contribution is -2.29. The fourth-order valence-corrected chi connectivity index (χ4v) is 3.43. The van der Waals surface area contributed by atoms with E-state index >= 15 is 0 Å². The monoisotopic (exact) mass is 328 g/mol. The van der Waals surface area contributed by atoms with E-state index in [1.54, 1.807) is 24.3 Å². The molecule has 5 nitrogen and oxygen atoms in total. The minimum atomic E-state index is -3.78. The van der Waals surface area contributed by atoms with E-state index < -0.39 is 15.9 Å². The van der Waals surface area contributed by atoms with Gasteiger partial charge in [-0.2, -0.15) is 8.42 Å². The first-order valence-electron chi connectivity index (χ1n) is 7.55. The normalized spacial score (nSPS) is 24.5. The SMILES string of the molecule is CCC[C@H]1OC(C)(C)O[C@@H]1COS(=O)(=O)c1ccc(C)cc1. The Morgan fingerprint density at radius 2 is 1.73 bits per heavy atom. The second-order valence-corrected chi connectivity index (χ2v) is 7.67. The lowest BCUT2D eigenvalue weighted by molar-refractivity contribution is -0.148. The van der Waals surface area contributed by atoms with Crippen LogP contribution in [0, 0.1) is 6.92 Å². The average molecular weight is 328 g/mol. The van der Waals surface area contributed by atoms with Crippen LogP contribution in [0.2, 0.25) is 0 Å². The van der Waals surface area contributed by atoms with Gasteiger partial charge in [0.05, 0.1) is 17.6 Å². The number of aryl methyl sites for hydroxylation is 1. The second kappa shape index (κ2) is 6.66. The van der Waals surface area contributed by atoms with Gasteiger partial charge in [0.25, 0.3) is 10.1 Å². The first-order valence-corrected chi connectivity index (χ1v) is 8.96. The Hall–Kier alpha value is -0.950. The van der Waals surface area contributed by atoms with Crippen LogP contribution in [-0.2, 0) is 23.8 Å². The largest absolute Gasteiger partial charge is 0.344 e. The van der Waals surface area contributed by atoms with E-state index in [-0.39, 0.29) is 23.7 Å². The van der Waals surface area contributed by atoms with Crippen LogP contribution in [0.4, 0.5) is 0 Å². The molecule has 1 heterocycles. The Balaban J connectivity index is 2.03. The zero-order valence-corrected chi connectivity index (χ0v) is 14.4. The number of hydrogen-bond donors (Lipinski definition) is 0. The van der Waals surface area contributed by atoms with Gasteiger partial charge in [-0.3, -0.25) is 4.18 Å². The van der Waals surface area contributed by atoms with Crippen molar-refractivity contribution in [2.45, 2.75) is 63.4 Å². The van der Waals surface area contributed by atoms with Crippen molar-refractivity contribution in [1.29, 1.82) is 0 Å². The minimum absolute atomic E-state index is 0.0374. The molecular formula is C16H24O5S. The molecule has 0 N–H and O–H groups in total. The van der Waals surface area contributed by atoms with Crippen LogP contribution in [0.1, 0.15) is 39.2 Å². The third-order valence-corrected chi connectivity index (χ3v) is 4.85. The summed E-state index contributed by atoms with van der Waals surface area (Å²) in [5, 5.41) is 0. The number of rotatable bonds is 6. The predicted molar refractivity (Wildman–Crippen MR) is 83.0 cm³/mol. The molecule has 0 unspecified atom stereocenters. The van der Waals surface area contributed by atoms with Crippen LogP contribution in [0.25, 0.3) is 0 Å². The molecule has 2 atom stereocenters. The standard InChI is InChI=1S/C16H24O5S/c1-5-6-14-15(21-16(3,4)20-14)11-19-22(17,18)13-9-7-12(2)8-10-13/h7-10,14-15H,5-6,11H2,1-4H3/t14-,15-/m1/s1. The highest BCUT2D eigenvalue weighted by atomic mass is 32.2. The molecule has 1 saturated heterocycles. The van der Waals surface area contributed by atoms with Crippen LogP contribution >= 0.6 is 0 Å². The highest BCUT2D eigenvalue weighted by molar-refractivity contribution is 7.86. The fraction of sp³-hybridized carbons (Fsp3) is 0.625. The van der Waals surface area contributed by atoms with E-state index in [0.717, 1.165) is 18.4 Å². The number of hydrogen-bond acceptors (Lipinski definition) is 5. The quantitative estimate of drug-likeness (QED) is 0.751. The topological polar surface area (TPSA) is 61.8 Å². The molecule has 2 rings (SSSR count). The smallest absolute Gasteiger partial charge is 0.297 e. The van der Waals surface area contributed by atoms with E-state index in [4.69, 9.17) is 13.7 Å². The molecule has 1 aliphatic heterocycles. The lowest BCUT2D eigenvalue weighted by Gasteiger charge is -2.16. The second-order valence-electron chi connectivity index (χ2n) is 6.05. The summed E-state index contributed by atoms with van der Waals surface area (Å²) < 4.78 is 41.1. The zero-order valence-electron chi connectivity index (χ0n) is 13.5. The van der Waals surface area contributed by atoms with Crippen molar-refractivity contribution in [3.8, 4) is 0 Å². The highest BCUT2D eigenvalue weighted by Gasteiger charge is 2.41. The summed E-state index contributed by atoms with van der Waals surface area (Å²) in [6.45, 7) is 7.56. The number of benzene rings is 1. The zero-order chi connectivity index (χ0) is 16.4. The van der Waals surface area contributed by atoms with Crippen LogP contribution in [0.3, 0.4) is 0 Å². The summed E-state index contributed by atoms with van der Waals surface area (Å²) in [4.78, 5) is 0.156. The average Bonchev–Trinajstić information content (AvgIpc) is 2.72. The van der Waals surface area contributed by atoms with E-state index in [9.17, 15) is 8.42 Å². The number of ether oxygens (including phenoxy) is 2. The first-order chi connectivity index (χ1) is 10.2. The fourth-order valence-electron chi connectivity index (χ4n) is 2.51. The van der Waals surface area contributed by atoms with Crippen molar-refractivity contribution in [3.05, 3.63) is 29.8 Å². The van der Waals surface area contributed by atoms with E-state index in [2.05, 4.69) is 6.92 Å². The van der Waals surface area contributed by atoms with E-state index in [1.807, 2.05) is 20.8 Å². The third kappa shape index (κ3) is 4.29. The summed E-state index contributed by atoms with van der Waals surface area (Å²) in [5.41, 5.74) is 0.997.